The van der Waals surface area contributed by atoms with Crippen LogP contribution in [0.5, 0.6) is 0 Å². The topological polar surface area (TPSA) is 60.4 Å². The van der Waals surface area contributed by atoms with E-state index in [0.717, 1.165) is 25.7 Å². The van der Waals surface area contributed by atoms with Crippen molar-refractivity contribution < 1.29 is 19.1 Å². The Hall–Kier alpha value is -1.55. The van der Waals surface area contributed by atoms with Gasteiger partial charge in [0.15, 0.2) is 0 Å². The number of hydrogen-bond donors (Lipinski definition) is 0. The van der Waals surface area contributed by atoms with Crippen LogP contribution in [0.25, 0.3) is 0 Å². The number of rotatable bonds is 16. The lowest BCUT2D eigenvalue weighted by Crippen LogP contribution is -2.23. The predicted octanol–water partition coefficient (Wildman–Crippen LogP) is 7.06. The lowest BCUT2D eigenvalue weighted by atomic mass is 9.83. The fourth-order valence-electron chi connectivity index (χ4n) is 4.87. The Morgan fingerprint density at radius 3 is 2.36 bits per heavy atom. The normalized spacial score (nSPS) is 19.6. The van der Waals surface area contributed by atoms with Crippen molar-refractivity contribution in [1.29, 1.82) is 0 Å². The average molecular weight is 461 g/mol. The molecule has 1 saturated carbocycles. The number of hydrogen-bond acceptors (Lipinski definition) is 4. The van der Waals surface area contributed by atoms with Gasteiger partial charge in [-0.15, -0.1) is 0 Å². The fourth-order valence-corrected chi connectivity index (χ4v) is 4.87. The minimum absolute atomic E-state index is 0.00457. The highest BCUT2D eigenvalue weighted by atomic mass is 16.5. The van der Waals surface area contributed by atoms with Crippen LogP contribution in [0.4, 0.5) is 0 Å². The first-order valence-electron chi connectivity index (χ1n) is 13.1. The highest BCUT2D eigenvalue weighted by molar-refractivity contribution is 6.01. The van der Waals surface area contributed by atoms with Crippen LogP contribution in [0.1, 0.15) is 105 Å². The molecule has 0 aromatic rings. The molecule has 0 radical (unpaired) electrons. The second kappa shape index (κ2) is 16.1. The van der Waals surface area contributed by atoms with Crippen molar-refractivity contribution in [3.05, 3.63) is 23.8 Å². The van der Waals surface area contributed by atoms with Gasteiger partial charge in [-0.2, -0.15) is 0 Å². The SMILES string of the molecule is CCCCC/C=C/[C@H](OC)[C@@H](C)[C@H](C)/C=C(/C)C[C@H](C)C(=O)CCCC1CC(=O)CC(=O)C1. The quantitative estimate of drug-likeness (QED) is 0.140. The molecule has 4 nitrogen and oxygen atoms in total. The summed E-state index contributed by atoms with van der Waals surface area (Å²) >= 11 is 0. The summed E-state index contributed by atoms with van der Waals surface area (Å²) < 4.78 is 5.74. The molecule has 0 amide bonds. The van der Waals surface area contributed by atoms with Gasteiger partial charge in [0.25, 0.3) is 0 Å². The molecule has 0 aromatic heterocycles. The van der Waals surface area contributed by atoms with Crippen LogP contribution < -0.4 is 0 Å². The molecule has 4 heteroatoms. The molecule has 0 N–H and O–H groups in total. The average Bonchev–Trinajstić information content (AvgIpc) is 2.74. The monoisotopic (exact) mass is 460 g/mol. The summed E-state index contributed by atoms with van der Waals surface area (Å²) in [5.41, 5.74) is 1.25. The van der Waals surface area contributed by atoms with Gasteiger partial charge in [-0.05, 0) is 56.8 Å². The van der Waals surface area contributed by atoms with Crippen molar-refractivity contribution in [3.63, 3.8) is 0 Å². The summed E-state index contributed by atoms with van der Waals surface area (Å²) in [7, 11) is 1.78. The lowest BCUT2D eigenvalue weighted by molar-refractivity contribution is -0.131. The summed E-state index contributed by atoms with van der Waals surface area (Å²) in [6, 6.07) is 0. The van der Waals surface area contributed by atoms with Gasteiger partial charge in [-0.1, -0.05) is 64.3 Å². The van der Waals surface area contributed by atoms with Crippen LogP contribution >= 0.6 is 0 Å². The van der Waals surface area contributed by atoms with E-state index in [4.69, 9.17) is 4.74 Å². The zero-order valence-corrected chi connectivity index (χ0v) is 22.0. The molecule has 4 atom stereocenters. The zero-order valence-electron chi connectivity index (χ0n) is 22.0. The third-order valence-electron chi connectivity index (χ3n) is 7.11. The number of carbonyl (C=O) groups is 3. The van der Waals surface area contributed by atoms with Crippen LogP contribution in [0.3, 0.4) is 0 Å². The van der Waals surface area contributed by atoms with E-state index in [1.165, 1.54) is 24.8 Å². The Kier molecular flexibility index (Phi) is 14.4. The molecule has 0 heterocycles. The van der Waals surface area contributed by atoms with Crippen molar-refractivity contribution in [2.75, 3.05) is 7.11 Å². The highest BCUT2D eigenvalue weighted by Crippen LogP contribution is 2.26. The molecule has 188 valence electrons. The van der Waals surface area contributed by atoms with Gasteiger partial charge in [-0.3, -0.25) is 14.4 Å². The van der Waals surface area contributed by atoms with Gasteiger partial charge >= 0.3 is 0 Å². The first kappa shape index (κ1) is 29.5. The number of Topliss-reactive ketones (excluding diaryl/α,β-unsaturated/α-hetero) is 3. The third kappa shape index (κ3) is 11.9. The Morgan fingerprint density at radius 2 is 1.76 bits per heavy atom. The number of carbonyl (C=O) groups excluding carboxylic acids is 3. The minimum Gasteiger partial charge on any atom is -0.377 e. The molecule has 0 aliphatic heterocycles. The maximum absolute atomic E-state index is 12.6. The molecular formula is C29H48O4. The van der Waals surface area contributed by atoms with E-state index in [9.17, 15) is 14.4 Å². The molecule has 1 rings (SSSR count). The number of methoxy groups -OCH3 is 1. The number of unbranched alkanes of at least 4 members (excludes halogenated alkanes) is 3. The molecule has 33 heavy (non-hydrogen) atoms. The number of ether oxygens (including phenoxy) is 1. The first-order chi connectivity index (χ1) is 15.7. The van der Waals surface area contributed by atoms with Gasteiger partial charge in [0.1, 0.15) is 17.3 Å². The van der Waals surface area contributed by atoms with E-state index in [2.05, 4.69) is 45.9 Å². The lowest BCUT2D eigenvalue weighted by Gasteiger charge is -2.25. The van der Waals surface area contributed by atoms with Crippen LogP contribution in [-0.4, -0.2) is 30.6 Å². The van der Waals surface area contributed by atoms with E-state index in [1.54, 1.807) is 7.11 Å². The molecule has 1 fully saturated rings. The van der Waals surface area contributed by atoms with Gasteiger partial charge in [0.2, 0.25) is 0 Å². The highest BCUT2D eigenvalue weighted by Gasteiger charge is 2.25. The zero-order chi connectivity index (χ0) is 24.8. The van der Waals surface area contributed by atoms with Crippen LogP contribution in [0, 0.1) is 23.7 Å². The maximum Gasteiger partial charge on any atom is 0.140 e. The van der Waals surface area contributed by atoms with Crippen molar-refractivity contribution >= 4 is 17.3 Å². The van der Waals surface area contributed by atoms with E-state index in [0.29, 0.717) is 31.1 Å². The molecule has 0 bridgehead atoms. The Labute approximate surface area is 202 Å². The standard InChI is InChI=1S/C29H48O4/c1-7-8-9-10-11-15-29(33-6)24(5)22(3)16-21(2)17-23(4)28(32)14-12-13-25-18-26(30)20-27(31)19-25/h11,15-16,22-25,29H,7-10,12-14,17-20H2,1-6H3/b15-11+,21-16-/t22-,23+,24+,29+/m1/s1. The summed E-state index contributed by atoms with van der Waals surface area (Å²) in [6.45, 7) is 10.8. The Bertz CT molecular complexity index is 659. The third-order valence-corrected chi connectivity index (χ3v) is 7.11. The second-order valence-electron chi connectivity index (χ2n) is 10.3. The summed E-state index contributed by atoms with van der Waals surface area (Å²) in [4.78, 5) is 35.8. The number of ketones is 3. The smallest absolute Gasteiger partial charge is 0.140 e. The molecule has 1 aliphatic carbocycles. The largest absolute Gasteiger partial charge is 0.377 e. The Balaban J connectivity index is 2.45. The van der Waals surface area contributed by atoms with E-state index >= 15 is 0 Å². The summed E-state index contributed by atoms with van der Waals surface area (Å²) in [6.07, 6.45) is 15.7. The van der Waals surface area contributed by atoms with Crippen LogP contribution in [-0.2, 0) is 19.1 Å². The fraction of sp³-hybridized carbons (Fsp3) is 0.759. The van der Waals surface area contributed by atoms with Gasteiger partial charge in [-0.25, -0.2) is 0 Å². The molecule has 1 aliphatic rings. The van der Waals surface area contributed by atoms with Crippen molar-refractivity contribution in [2.45, 2.75) is 111 Å². The summed E-state index contributed by atoms with van der Waals surface area (Å²) in [5.74, 6) is 1.25. The Morgan fingerprint density at radius 1 is 1.09 bits per heavy atom. The van der Waals surface area contributed by atoms with E-state index in [-0.39, 0.29) is 41.7 Å². The molecule has 0 saturated heterocycles. The molecular weight excluding hydrogens is 412 g/mol. The van der Waals surface area contributed by atoms with Crippen LogP contribution in [0.2, 0.25) is 0 Å². The maximum atomic E-state index is 12.6. The predicted molar refractivity (Wildman–Crippen MR) is 136 cm³/mol. The first-order valence-corrected chi connectivity index (χ1v) is 13.1. The summed E-state index contributed by atoms with van der Waals surface area (Å²) in [5, 5.41) is 0. The second-order valence-corrected chi connectivity index (χ2v) is 10.3. The van der Waals surface area contributed by atoms with Gasteiger partial charge in [0, 0.05) is 32.3 Å². The van der Waals surface area contributed by atoms with Crippen molar-refractivity contribution in [1.82, 2.24) is 0 Å². The van der Waals surface area contributed by atoms with Crippen LogP contribution in [0.15, 0.2) is 23.8 Å². The van der Waals surface area contributed by atoms with Gasteiger partial charge < -0.3 is 4.74 Å². The number of allylic oxidation sites excluding steroid dienone is 3. The van der Waals surface area contributed by atoms with E-state index in [1.807, 2.05) is 6.92 Å². The van der Waals surface area contributed by atoms with Crippen molar-refractivity contribution in [3.8, 4) is 0 Å². The van der Waals surface area contributed by atoms with Gasteiger partial charge in [0.05, 0.1) is 12.5 Å². The van der Waals surface area contributed by atoms with Crippen molar-refractivity contribution in [2.24, 2.45) is 23.7 Å². The van der Waals surface area contributed by atoms with E-state index < -0.39 is 0 Å². The minimum atomic E-state index is -0.00457. The molecule has 0 unspecified atom stereocenters. The molecule has 0 aromatic carbocycles. The molecule has 0 spiro atoms.